The molecule has 0 aliphatic rings. The summed E-state index contributed by atoms with van der Waals surface area (Å²) in [6.45, 7) is 7.57. The van der Waals surface area contributed by atoms with Crippen LogP contribution in [0, 0.1) is 0 Å². The fraction of sp³-hybridized carbons (Fsp3) is 0.600. The Morgan fingerprint density at radius 3 is 2.53 bits per heavy atom. The molecule has 0 N–H and O–H groups in total. The van der Waals surface area contributed by atoms with Crippen LogP contribution in [0.1, 0.15) is 33.3 Å². The molecule has 84 valence electrons. The van der Waals surface area contributed by atoms with Crippen molar-refractivity contribution in [1.82, 2.24) is 9.78 Å². The molecular weight excluding hydrogens is 210 g/mol. The van der Waals surface area contributed by atoms with Gasteiger partial charge in [-0.25, -0.2) is 4.21 Å². The van der Waals surface area contributed by atoms with Gasteiger partial charge in [0.05, 0.1) is 16.7 Å². The molecule has 0 radical (unpaired) electrons. The summed E-state index contributed by atoms with van der Waals surface area (Å²) >= 11 is 0. The molecule has 1 atom stereocenters. The van der Waals surface area contributed by atoms with Crippen molar-refractivity contribution >= 4 is 16.7 Å². The zero-order valence-electron chi connectivity index (χ0n) is 9.81. The lowest BCUT2D eigenvalue weighted by molar-refractivity contribution is 0.650. The van der Waals surface area contributed by atoms with E-state index >= 15 is 0 Å². The summed E-state index contributed by atoms with van der Waals surface area (Å²) in [5.41, 5.74) is 1.67. The van der Waals surface area contributed by atoms with Gasteiger partial charge in [0.25, 0.3) is 0 Å². The van der Waals surface area contributed by atoms with Crippen molar-refractivity contribution in [3.63, 3.8) is 0 Å². The largest absolute Gasteiger partial charge is 0.275 e. The molecule has 0 aliphatic carbocycles. The topological polar surface area (TPSA) is 47.2 Å². The van der Waals surface area contributed by atoms with Gasteiger partial charge in [-0.05, 0) is 27.7 Å². The molecule has 5 heteroatoms. The maximum atomic E-state index is 11.8. The zero-order chi connectivity index (χ0) is 11.6. The Bertz CT molecular complexity index is 401. The van der Waals surface area contributed by atoms with Crippen molar-refractivity contribution in [2.75, 3.05) is 0 Å². The molecule has 0 amide bonds. The third kappa shape index (κ3) is 3.27. The monoisotopic (exact) mass is 227 g/mol. The maximum Gasteiger partial charge on any atom is 0.145 e. The van der Waals surface area contributed by atoms with Gasteiger partial charge in [-0.3, -0.25) is 4.68 Å². The molecule has 1 heterocycles. The van der Waals surface area contributed by atoms with Crippen LogP contribution in [0.15, 0.2) is 16.8 Å². The molecule has 1 aromatic heterocycles. The molecule has 0 spiro atoms. The molecule has 1 rings (SSSR count). The SMILES string of the molecule is C/C(=N\[S@@](=O)C(C)(C)C)c1cnn(C)c1. The number of aryl methyl sites for hydroxylation is 1. The van der Waals surface area contributed by atoms with Gasteiger partial charge in [-0.15, -0.1) is 0 Å². The molecule has 15 heavy (non-hydrogen) atoms. The minimum atomic E-state index is -1.21. The van der Waals surface area contributed by atoms with Crippen LogP contribution >= 0.6 is 0 Å². The minimum Gasteiger partial charge on any atom is -0.275 e. The Morgan fingerprint density at radius 1 is 1.53 bits per heavy atom. The maximum absolute atomic E-state index is 11.8. The highest BCUT2D eigenvalue weighted by molar-refractivity contribution is 7.85. The van der Waals surface area contributed by atoms with E-state index in [1.807, 2.05) is 40.9 Å². The van der Waals surface area contributed by atoms with Gasteiger partial charge in [0.2, 0.25) is 0 Å². The Balaban J connectivity index is 2.90. The van der Waals surface area contributed by atoms with Crippen molar-refractivity contribution in [3.05, 3.63) is 18.0 Å². The van der Waals surface area contributed by atoms with E-state index in [0.29, 0.717) is 0 Å². The molecule has 0 aromatic carbocycles. The van der Waals surface area contributed by atoms with Crippen LogP contribution in [-0.2, 0) is 18.0 Å². The first kappa shape index (κ1) is 12.1. The second-order valence-corrected chi connectivity index (χ2v) is 6.35. The predicted octanol–water partition coefficient (Wildman–Crippen LogP) is 1.69. The second-order valence-electron chi connectivity index (χ2n) is 4.44. The third-order valence-corrected chi connectivity index (χ3v) is 3.35. The number of rotatable bonds is 2. The van der Waals surface area contributed by atoms with Crippen molar-refractivity contribution in [3.8, 4) is 0 Å². The lowest BCUT2D eigenvalue weighted by Crippen LogP contribution is -2.20. The normalized spacial score (nSPS) is 15.4. The number of hydrogen-bond acceptors (Lipinski definition) is 2. The Morgan fingerprint density at radius 2 is 2.13 bits per heavy atom. The van der Waals surface area contributed by atoms with E-state index in [4.69, 9.17) is 0 Å². The van der Waals surface area contributed by atoms with E-state index in [9.17, 15) is 4.21 Å². The van der Waals surface area contributed by atoms with Gasteiger partial charge >= 0.3 is 0 Å². The molecule has 0 saturated heterocycles. The van der Waals surface area contributed by atoms with Crippen molar-refractivity contribution in [2.45, 2.75) is 32.4 Å². The smallest absolute Gasteiger partial charge is 0.145 e. The molecular formula is C10H17N3OS. The predicted molar refractivity (Wildman–Crippen MR) is 63.3 cm³/mol. The average Bonchev–Trinajstić information content (AvgIpc) is 2.50. The van der Waals surface area contributed by atoms with Crippen LogP contribution in [-0.4, -0.2) is 24.4 Å². The van der Waals surface area contributed by atoms with Crippen LogP contribution in [0.2, 0.25) is 0 Å². The summed E-state index contributed by atoms with van der Waals surface area (Å²) in [5.74, 6) is 0. The van der Waals surface area contributed by atoms with Crippen molar-refractivity contribution in [2.24, 2.45) is 11.4 Å². The lowest BCUT2D eigenvalue weighted by atomic mass is 10.2. The molecule has 4 nitrogen and oxygen atoms in total. The van der Waals surface area contributed by atoms with Crippen LogP contribution in [0.25, 0.3) is 0 Å². The number of hydrogen-bond donors (Lipinski definition) is 0. The van der Waals surface area contributed by atoms with Crippen molar-refractivity contribution < 1.29 is 4.21 Å². The molecule has 0 fully saturated rings. The Hall–Kier alpha value is -0.970. The van der Waals surface area contributed by atoms with Gasteiger partial charge in [0, 0.05) is 18.8 Å². The summed E-state index contributed by atoms with van der Waals surface area (Å²) in [5, 5.41) is 4.04. The summed E-state index contributed by atoms with van der Waals surface area (Å²) in [4.78, 5) is 0. The lowest BCUT2D eigenvalue weighted by Gasteiger charge is -2.13. The Labute approximate surface area is 93.0 Å². The minimum absolute atomic E-state index is 0.316. The van der Waals surface area contributed by atoms with Crippen molar-refractivity contribution in [1.29, 1.82) is 0 Å². The molecule has 0 unspecified atom stereocenters. The van der Waals surface area contributed by atoms with E-state index in [2.05, 4.69) is 9.50 Å². The first-order chi connectivity index (χ1) is 6.80. The third-order valence-electron chi connectivity index (χ3n) is 1.87. The highest BCUT2D eigenvalue weighted by Crippen LogP contribution is 2.13. The number of aromatic nitrogens is 2. The Kier molecular flexibility index (Phi) is 3.44. The van der Waals surface area contributed by atoms with E-state index in [1.54, 1.807) is 10.9 Å². The van der Waals surface area contributed by atoms with Crippen LogP contribution in [0.4, 0.5) is 0 Å². The van der Waals surface area contributed by atoms with E-state index in [1.165, 1.54) is 0 Å². The summed E-state index contributed by atoms with van der Waals surface area (Å²) in [6, 6.07) is 0. The quantitative estimate of drug-likeness (QED) is 0.722. The van der Waals surface area contributed by atoms with E-state index < -0.39 is 11.0 Å². The second kappa shape index (κ2) is 4.26. The standard InChI is InChI=1S/C10H17N3OS/c1-8(9-6-11-13(5)7-9)12-15(14)10(2,3)4/h6-7H,1-5H3/b12-8+/t15-/m0/s1. The van der Waals surface area contributed by atoms with Crippen LogP contribution < -0.4 is 0 Å². The average molecular weight is 227 g/mol. The van der Waals surface area contributed by atoms with Crippen LogP contribution in [0.3, 0.4) is 0 Å². The fourth-order valence-electron chi connectivity index (χ4n) is 0.922. The first-order valence-electron chi connectivity index (χ1n) is 4.77. The summed E-state index contributed by atoms with van der Waals surface area (Å²) in [6.07, 6.45) is 3.58. The van der Waals surface area contributed by atoms with Gasteiger partial charge in [0.1, 0.15) is 11.0 Å². The molecule has 0 bridgehead atoms. The summed E-state index contributed by atoms with van der Waals surface area (Å²) in [7, 11) is 0.637. The fourth-order valence-corrected chi connectivity index (χ4v) is 1.55. The van der Waals surface area contributed by atoms with E-state index in [-0.39, 0.29) is 4.75 Å². The number of nitrogens with zero attached hydrogens (tertiary/aromatic N) is 3. The molecule has 0 aliphatic heterocycles. The zero-order valence-corrected chi connectivity index (χ0v) is 10.6. The van der Waals surface area contributed by atoms with Gasteiger partial charge in [0.15, 0.2) is 0 Å². The van der Waals surface area contributed by atoms with E-state index in [0.717, 1.165) is 11.3 Å². The van der Waals surface area contributed by atoms with Gasteiger partial charge < -0.3 is 0 Å². The molecule has 1 aromatic rings. The highest BCUT2D eigenvalue weighted by atomic mass is 32.2. The first-order valence-corrected chi connectivity index (χ1v) is 5.87. The molecule has 0 saturated carbocycles. The highest BCUT2D eigenvalue weighted by Gasteiger charge is 2.19. The summed E-state index contributed by atoms with van der Waals surface area (Å²) < 4.78 is 17.3. The van der Waals surface area contributed by atoms with Gasteiger partial charge in [-0.2, -0.15) is 9.50 Å². The van der Waals surface area contributed by atoms with Crippen LogP contribution in [0.5, 0.6) is 0 Å². The van der Waals surface area contributed by atoms with Gasteiger partial charge in [-0.1, -0.05) is 0 Å².